The summed E-state index contributed by atoms with van der Waals surface area (Å²) in [7, 11) is 3.12. The van der Waals surface area contributed by atoms with Crippen LogP contribution in [0.1, 0.15) is 0 Å². The Morgan fingerprint density at radius 1 is 0.692 bits per heavy atom. The molecule has 0 bridgehead atoms. The highest BCUT2D eigenvalue weighted by Gasteiger charge is 2.08. The first-order valence-electron chi connectivity index (χ1n) is 8.15. The Bertz CT molecular complexity index is 878. The van der Waals surface area contributed by atoms with Crippen molar-refractivity contribution in [2.24, 2.45) is 0 Å². The first-order chi connectivity index (χ1) is 12.7. The summed E-state index contributed by atoms with van der Waals surface area (Å²) in [6.07, 6.45) is 0. The Morgan fingerprint density at radius 2 is 1.27 bits per heavy atom. The van der Waals surface area contributed by atoms with Crippen LogP contribution in [0.2, 0.25) is 0 Å². The third-order valence-electron chi connectivity index (χ3n) is 3.89. The second-order valence-electron chi connectivity index (χ2n) is 5.59. The van der Waals surface area contributed by atoms with Crippen LogP contribution in [-0.2, 0) is 0 Å². The van der Waals surface area contributed by atoms with E-state index in [2.05, 4.69) is 10.6 Å². The van der Waals surface area contributed by atoms with Crippen LogP contribution in [-0.4, -0.2) is 20.3 Å². The number of hydrogen-bond donors (Lipinski definition) is 2. The minimum absolute atomic E-state index is 0.329. The van der Waals surface area contributed by atoms with Crippen LogP contribution in [0.25, 0.3) is 11.1 Å². The van der Waals surface area contributed by atoms with E-state index >= 15 is 0 Å². The number of nitrogens with one attached hydrogen (secondary N) is 2. The lowest BCUT2D eigenvalue weighted by molar-refractivity contribution is 0.262. The molecule has 3 aromatic rings. The van der Waals surface area contributed by atoms with E-state index in [4.69, 9.17) is 9.47 Å². The molecule has 5 nitrogen and oxygen atoms in total. The van der Waals surface area contributed by atoms with Crippen molar-refractivity contribution >= 4 is 17.4 Å². The van der Waals surface area contributed by atoms with Crippen LogP contribution in [0.5, 0.6) is 11.5 Å². The Labute approximate surface area is 152 Å². The highest BCUT2D eigenvalue weighted by molar-refractivity contribution is 6.00. The number of carbonyl (C=O) groups is 1. The molecule has 5 heteroatoms. The van der Waals surface area contributed by atoms with Gasteiger partial charge in [0.25, 0.3) is 0 Å². The van der Waals surface area contributed by atoms with Gasteiger partial charge in [-0.3, -0.25) is 0 Å². The summed E-state index contributed by atoms with van der Waals surface area (Å²) in [6, 6.07) is 22.6. The van der Waals surface area contributed by atoms with Gasteiger partial charge in [0.15, 0.2) is 11.5 Å². The summed E-state index contributed by atoms with van der Waals surface area (Å²) >= 11 is 0. The van der Waals surface area contributed by atoms with Gasteiger partial charge in [-0.25, -0.2) is 4.79 Å². The third-order valence-corrected chi connectivity index (χ3v) is 3.89. The lowest BCUT2D eigenvalue weighted by atomic mass is 10.1. The summed E-state index contributed by atoms with van der Waals surface area (Å²) in [6.45, 7) is 0. The van der Waals surface area contributed by atoms with Gasteiger partial charge in [-0.1, -0.05) is 42.5 Å². The number of urea groups is 1. The highest BCUT2D eigenvalue weighted by atomic mass is 16.5. The van der Waals surface area contributed by atoms with Gasteiger partial charge in [0, 0.05) is 17.4 Å². The fraction of sp³-hybridized carbons (Fsp3) is 0.0952. The zero-order valence-corrected chi connectivity index (χ0v) is 14.7. The topological polar surface area (TPSA) is 59.6 Å². The summed E-state index contributed by atoms with van der Waals surface area (Å²) in [4.78, 5) is 12.2. The molecular weight excluding hydrogens is 328 g/mol. The fourth-order valence-electron chi connectivity index (χ4n) is 2.58. The SMILES string of the molecule is COc1ccc(NC(=O)Nc2ccc(-c3ccccc3)cc2)cc1OC. The number of anilines is 2. The number of carbonyl (C=O) groups excluding carboxylic acids is 1. The molecule has 3 rings (SSSR count). The average Bonchev–Trinajstić information content (AvgIpc) is 2.69. The maximum absolute atomic E-state index is 12.2. The first-order valence-corrected chi connectivity index (χ1v) is 8.15. The van der Waals surface area contributed by atoms with Gasteiger partial charge < -0.3 is 20.1 Å². The fourth-order valence-corrected chi connectivity index (χ4v) is 2.58. The van der Waals surface area contributed by atoms with Crippen molar-refractivity contribution in [1.82, 2.24) is 0 Å². The standard InChI is InChI=1S/C21H20N2O3/c1-25-19-13-12-18(14-20(19)26-2)23-21(24)22-17-10-8-16(9-11-17)15-6-4-3-5-7-15/h3-14H,1-2H3,(H2,22,23,24). The molecule has 2 N–H and O–H groups in total. The van der Waals surface area contributed by atoms with Gasteiger partial charge >= 0.3 is 6.03 Å². The molecular formula is C21H20N2O3. The van der Waals surface area contributed by atoms with Crippen molar-refractivity contribution in [1.29, 1.82) is 0 Å². The maximum atomic E-state index is 12.2. The van der Waals surface area contributed by atoms with Gasteiger partial charge in [0.05, 0.1) is 14.2 Å². The second-order valence-corrected chi connectivity index (χ2v) is 5.59. The maximum Gasteiger partial charge on any atom is 0.323 e. The van der Waals surface area contributed by atoms with Crippen LogP contribution in [0, 0.1) is 0 Å². The molecule has 0 aromatic heterocycles. The zero-order chi connectivity index (χ0) is 18.4. The minimum atomic E-state index is -0.329. The van der Waals surface area contributed by atoms with Crippen LogP contribution in [0.4, 0.5) is 16.2 Å². The molecule has 26 heavy (non-hydrogen) atoms. The van der Waals surface area contributed by atoms with E-state index in [0.717, 1.165) is 11.1 Å². The molecule has 0 fully saturated rings. The van der Waals surface area contributed by atoms with E-state index < -0.39 is 0 Å². The second kappa shape index (κ2) is 8.07. The number of rotatable bonds is 5. The predicted molar refractivity (Wildman–Crippen MR) is 104 cm³/mol. The van der Waals surface area contributed by atoms with E-state index in [1.54, 1.807) is 32.4 Å². The van der Waals surface area contributed by atoms with Crippen molar-refractivity contribution in [3.05, 3.63) is 72.8 Å². The number of benzene rings is 3. The number of hydrogen-bond acceptors (Lipinski definition) is 3. The first kappa shape index (κ1) is 17.4. The van der Waals surface area contributed by atoms with Crippen LogP contribution in [0.15, 0.2) is 72.8 Å². The zero-order valence-electron chi connectivity index (χ0n) is 14.7. The Balaban J connectivity index is 1.65. The lowest BCUT2D eigenvalue weighted by Gasteiger charge is -2.11. The van der Waals surface area contributed by atoms with E-state index in [9.17, 15) is 4.79 Å². The summed E-state index contributed by atoms with van der Waals surface area (Å²) < 4.78 is 10.4. The van der Waals surface area contributed by atoms with Gasteiger partial charge in [-0.05, 0) is 35.4 Å². The summed E-state index contributed by atoms with van der Waals surface area (Å²) in [5, 5.41) is 5.59. The Hall–Kier alpha value is -3.47. The van der Waals surface area contributed by atoms with Crippen molar-refractivity contribution in [2.75, 3.05) is 24.9 Å². The molecule has 0 saturated heterocycles. The van der Waals surface area contributed by atoms with Crippen molar-refractivity contribution < 1.29 is 14.3 Å². The van der Waals surface area contributed by atoms with Gasteiger partial charge in [-0.15, -0.1) is 0 Å². The number of ether oxygens (including phenoxy) is 2. The molecule has 0 atom stereocenters. The molecule has 0 aliphatic heterocycles. The third kappa shape index (κ3) is 4.13. The smallest absolute Gasteiger partial charge is 0.323 e. The predicted octanol–water partition coefficient (Wildman–Crippen LogP) is 5.01. The lowest BCUT2D eigenvalue weighted by Crippen LogP contribution is -2.19. The number of methoxy groups -OCH3 is 2. The van der Waals surface area contributed by atoms with Crippen molar-refractivity contribution in [3.63, 3.8) is 0 Å². The molecule has 0 heterocycles. The Morgan fingerprint density at radius 3 is 1.92 bits per heavy atom. The van der Waals surface area contributed by atoms with Crippen molar-refractivity contribution in [2.45, 2.75) is 0 Å². The quantitative estimate of drug-likeness (QED) is 0.681. The molecule has 0 saturated carbocycles. The largest absolute Gasteiger partial charge is 0.493 e. The molecule has 0 radical (unpaired) electrons. The average molecular weight is 348 g/mol. The van der Waals surface area contributed by atoms with Gasteiger partial charge in [0.2, 0.25) is 0 Å². The van der Waals surface area contributed by atoms with Crippen LogP contribution in [0.3, 0.4) is 0 Å². The van der Waals surface area contributed by atoms with Crippen molar-refractivity contribution in [3.8, 4) is 22.6 Å². The minimum Gasteiger partial charge on any atom is -0.493 e. The normalized spacial score (nSPS) is 10.1. The van der Waals surface area contributed by atoms with Crippen LogP contribution >= 0.6 is 0 Å². The molecule has 132 valence electrons. The number of amides is 2. The summed E-state index contributed by atoms with van der Waals surface area (Å²) in [5.74, 6) is 1.16. The van der Waals surface area contributed by atoms with E-state index in [0.29, 0.717) is 22.9 Å². The van der Waals surface area contributed by atoms with Gasteiger partial charge in [0.1, 0.15) is 0 Å². The molecule has 2 amide bonds. The monoisotopic (exact) mass is 348 g/mol. The molecule has 0 aliphatic rings. The van der Waals surface area contributed by atoms with E-state index in [1.165, 1.54) is 0 Å². The van der Waals surface area contributed by atoms with Crippen LogP contribution < -0.4 is 20.1 Å². The van der Waals surface area contributed by atoms with E-state index in [-0.39, 0.29) is 6.03 Å². The molecule has 3 aromatic carbocycles. The molecule has 0 spiro atoms. The highest BCUT2D eigenvalue weighted by Crippen LogP contribution is 2.29. The molecule has 0 unspecified atom stereocenters. The van der Waals surface area contributed by atoms with E-state index in [1.807, 2.05) is 54.6 Å². The summed E-state index contributed by atoms with van der Waals surface area (Å²) in [5.41, 5.74) is 3.55. The Kier molecular flexibility index (Phi) is 5.39. The van der Waals surface area contributed by atoms with Gasteiger partial charge in [-0.2, -0.15) is 0 Å². The molecule has 0 aliphatic carbocycles.